The lowest BCUT2D eigenvalue weighted by molar-refractivity contribution is -0.385. The SMILES string of the molecule is CC(C)(C)OC(=O)N(CCCc1ccc(Cl)cc1)[C@@H]1CCC[C@H]1NS(=O)(=O)c1ccc([N+](=O)[O-])cc1.CC(C)(C)OC(=O)OC(=O)OC(C)(C)C.O=[N+]([O-])c1ccc(S(=O)(=O)N[C@@H]2CCC[C@H]2NCCCc2ccc(Cl)cc2)cc1. The number of hydrogen-bond acceptors (Lipinski definition) is 16. The molecule has 0 heterocycles. The molecule has 4 aromatic carbocycles. The summed E-state index contributed by atoms with van der Waals surface area (Å²) in [7, 11) is -7.67. The molecule has 4 aromatic rings. The molecule has 2 fully saturated rings. The van der Waals surface area contributed by atoms with Crippen molar-refractivity contribution < 1.29 is 60.0 Å². The lowest BCUT2D eigenvalue weighted by Gasteiger charge is -2.35. The number of nitrogens with zero attached hydrogens (tertiary/aromatic N) is 3. The van der Waals surface area contributed by atoms with E-state index in [4.69, 9.17) is 37.4 Å². The number of ether oxygens (including phenoxy) is 4. The average Bonchev–Trinajstić information content (AvgIpc) is 3.99. The Bertz CT molecular complexity index is 2890. The van der Waals surface area contributed by atoms with Gasteiger partial charge in [-0.25, -0.2) is 40.7 Å². The molecule has 2 aliphatic carbocycles. The number of non-ortho nitro benzene ring substituents is 2. The highest BCUT2D eigenvalue weighted by atomic mass is 35.5. The molecule has 6 rings (SSSR count). The van der Waals surface area contributed by atoms with Gasteiger partial charge < -0.3 is 29.2 Å². The number of hydrogen-bond donors (Lipinski definition) is 3. The first kappa shape index (κ1) is 66.6. The average molecular weight is 1190 g/mol. The van der Waals surface area contributed by atoms with Crippen molar-refractivity contribution in [1.82, 2.24) is 19.7 Å². The van der Waals surface area contributed by atoms with E-state index in [1.165, 1.54) is 42.0 Å². The number of carbonyl (C=O) groups excluding carboxylic acids is 3. The quantitative estimate of drug-likeness (QED) is 0.0208. The molecule has 21 nitrogen and oxygen atoms in total. The largest absolute Gasteiger partial charge is 0.519 e. The fourth-order valence-electron chi connectivity index (χ4n) is 8.48. The van der Waals surface area contributed by atoms with Crippen LogP contribution in [0, 0.1) is 20.2 Å². The molecule has 2 aliphatic rings. The predicted molar refractivity (Wildman–Crippen MR) is 304 cm³/mol. The molecule has 25 heteroatoms. The zero-order valence-corrected chi connectivity index (χ0v) is 49.7. The lowest BCUT2D eigenvalue weighted by atomic mass is 10.1. The summed E-state index contributed by atoms with van der Waals surface area (Å²) in [6.07, 6.45) is 5.23. The van der Waals surface area contributed by atoms with Crippen LogP contribution in [0.1, 0.15) is 125 Å². The number of benzene rings is 4. The van der Waals surface area contributed by atoms with Crippen LogP contribution in [0.25, 0.3) is 0 Å². The fourth-order valence-corrected chi connectivity index (χ4v) is 11.4. The van der Waals surface area contributed by atoms with Gasteiger partial charge in [-0.05, 0) is 186 Å². The molecule has 0 aromatic heterocycles. The van der Waals surface area contributed by atoms with Gasteiger partial charge in [-0.1, -0.05) is 53.9 Å². The highest BCUT2D eigenvalue weighted by molar-refractivity contribution is 7.89. The Morgan fingerprint density at radius 2 is 0.950 bits per heavy atom. The normalized spacial score (nSPS) is 17.4. The number of rotatable bonds is 18. The summed E-state index contributed by atoms with van der Waals surface area (Å²) in [4.78, 5) is 57.3. The molecular weight excluding hydrogens is 1120 g/mol. The second-order valence-electron chi connectivity index (χ2n) is 22.1. The smallest absolute Gasteiger partial charge is 0.444 e. The Balaban J connectivity index is 0.000000280. The molecule has 440 valence electrons. The molecule has 0 spiro atoms. The van der Waals surface area contributed by atoms with Crippen LogP contribution in [-0.2, 0) is 51.8 Å². The molecule has 2 saturated carbocycles. The van der Waals surface area contributed by atoms with Crippen LogP contribution < -0.4 is 14.8 Å². The van der Waals surface area contributed by atoms with Gasteiger partial charge in [-0.15, -0.1) is 0 Å². The maximum Gasteiger partial charge on any atom is 0.519 e. The maximum absolute atomic E-state index is 13.2. The minimum Gasteiger partial charge on any atom is -0.444 e. The first-order chi connectivity index (χ1) is 37.2. The summed E-state index contributed by atoms with van der Waals surface area (Å²) >= 11 is 11.9. The third-order valence-electron chi connectivity index (χ3n) is 12.0. The van der Waals surface area contributed by atoms with E-state index in [0.717, 1.165) is 74.2 Å². The van der Waals surface area contributed by atoms with E-state index in [2.05, 4.69) is 19.5 Å². The summed E-state index contributed by atoms with van der Waals surface area (Å²) in [5.41, 5.74) is -0.103. The molecule has 0 aliphatic heterocycles. The van der Waals surface area contributed by atoms with E-state index in [1.54, 1.807) is 67.2 Å². The number of nitro groups is 2. The van der Waals surface area contributed by atoms with Crippen LogP contribution in [-0.4, -0.2) is 104 Å². The van der Waals surface area contributed by atoms with Gasteiger partial charge in [0.1, 0.15) is 16.8 Å². The molecular formula is C55H74Cl2N6O15S2. The lowest BCUT2D eigenvalue weighted by Crippen LogP contribution is -2.52. The van der Waals surface area contributed by atoms with Gasteiger partial charge in [-0.2, -0.15) is 0 Å². The van der Waals surface area contributed by atoms with Gasteiger partial charge in [0.2, 0.25) is 20.0 Å². The topological polar surface area (TPSA) is 282 Å². The molecule has 4 atom stereocenters. The van der Waals surface area contributed by atoms with Crippen molar-refractivity contribution >= 4 is 73.0 Å². The Morgan fingerprint density at radius 3 is 1.38 bits per heavy atom. The predicted octanol–water partition coefficient (Wildman–Crippen LogP) is 11.9. The molecule has 1 amide bonds. The van der Waals surface area contributed by atoms with Crippen LogP contribution in [0.2, 0.25) is 10.0 Å². The minimum absolute atomic E-state index is 0.0384. The number of amides is 1. The minimum atomic E-state index is -3.94. The van der Waals surface area contributed by atoms with Crippen molar-refractivity contribution in [3.05, 3.63) is 138 Å². The fraction of sp³-hybridized carbons (Fsp3) is 0.509. The van der Waals surface area contributed by atoms with Gasteiger partial charge in [0, 0.05) is 59.0 Å². The summed E-state index contributed by atoms with van der Waals surface area (Å²) in [6.45, 7) is 16.6. The van der Waals surface area contributed by atoms with Gasteiger partial charge in [0.05, 0.1) is 25.7 Å². The number of nitro benzene ring substituents is 2. The van der Waals surface area contributed by atoms with Crippen molar-refractivity contribution in [3.8, 4) is 0 Å². The first-order valence-electron chi connectivity index (χ1n) is 26.1. The number of nitrogens with one attached hydrogen (secondary N) is 3. The maximum atomic E-state index is 13.2. The van der Waals surface area contributed by atoms with Gasteiger partial charge in [0.25, 0.3) is 11.4 Å². The van der Waals surface area contributed by atoms with Crippen LogP contribution >= 0.6 is 23.2 Å². The molecule has 3 N–H and O–H groups in total. The molecule has 0 unspecified atom stereocenters. The van der Waals surface area contributed by atoms with Gasteiger partial charge in [0.15, 0.2) is 0 Å². The molecule has 0 saturated heterocycles. The zero-order valence-electron chi connectivity index (χ0n) is 46.6. The summed E-state index contributed by atoms with van der Waals surface area (Å²) in [5.74, 6) is 0. The van der Waals surface area contributed by atoms with E-state index in [1.807, 2.05) is 48.5 Å². The van der Waals surface area contributed by atoms with E-state index in [-0.39, 0.29) is 39.3 Å². The Kier molecular flexibility index (Phi) is 24.7. The third-order valence-corrected chi connectivity index (χ3v) is 15.6. The van der Waals surface area contributed by atoms with E-state index < -0.39 is 71.1 Å². The van der Waals surface area contributed by atoms with Crippen molar-refractivity contribution in [2.45, 2.75) is 177 Å². The Labute approximate surface area is 479 Å². The molecule has 80 heavy (non-hydrogen) atoms. The van der Waals surface area contributed by atoms with Crippen molar-refractivity contribution in [1.29, 1.82) is 0 Å². The van der Waals surface area contributed by atoms with Crippen molar-refractivity contribution in [3.63, 3.8) is 0 Å². The van der Waals surface area contributed by atoms with Crippen LogP contribution in [0.15, 0.2) is 107 Å². The Morgan fingerprint density at radius 1 is 0.562 bits per heavy atom. The number of carbonyl (C=O) groups is 3. The Hall–Kier alpha value is -5.95. The molecule has 0 bridgehead atoms. The van der Waals surface area contributed by atoms with Crippen LogP contribution in [0.4, 0.5) is 25.8 Å². The standard InChI is InChI=1S/C25H32ClN3O6S.C20H24ClN3O4S.C10H18O5/c1-25(2,3)35-24(30)28(17-5-6-18-9-11-19(26)12-10-18)23-8-4-7-22(23)27-36(33,34)21-15-13-20(14-16-21)29(31)32;21-16-8-6-15(7-9-16)3-2-14-22-19-4-1-5-20(19)23-29(27,28)18-12-10-17(11-13-18)24(25)26;1-9(2,3)14-7(11)13-8(12)15-10(4,5)6/h9-16,22-23,27H,4-8,17H2,1-3H3;6-13,19-20,22-23H,1-5,14H2;1-6H3/t22-,23-;19-,20-;/m11./s1. The van der Waals surface area contributed by atoms with Crippen LogP contribution in [0.3, 0.4) is 0 Å². The summed E-state index contributed by atoms with van der Waals surface area (Å²) in [6, 6.07) is 24.0. The van der Waals surface area contributed by atoms with Gasteiger partial charge in [-0.3, -0.25) is 20.2 Å². The monoisotopic (exact) mass is 1190 g/mol. The van der Waals surface area contributed by atoms with E-state index in [0.29, 0.717) is 30.8 Å². The first-order valence-corrected chi connectivity index (χ1v) is 29.8. The van der Waals surface area contributed by atoms with Crippen molar-refractivity contribution in [2.24, 2.45) is 0 Å². The summed E-state index contributed by atoms with van der Waals surface area (Å²) < 4.78 is 76.3. The van der Waals surface area contributed by atoms with Crippen molar-refractivity contribution in [2.75, 3.05) is 13.1 Å². The number of aryl methyl sites for hydroxylation is 2. The highest BCUT2D eigenvalue weighted by Crippen LogP contribution is 2.29. The van der Waals surface area contributed by atoms with E-state index in [9.17, 15) is 51.4 Å². The van der Waals surface area contributed by atoms with Crippen LogP contribution in [0.5, 0.6) is 0 Å². The second-order valence-corrected chi connectivity index (χ2v) is 26.4. The number of sulfonamides is 2. The summed E-state index contributed by atoms with van der Waals surface area (Å²) in [5, 5.41) is 26.5. The number of halogens is 2. The zero-order chi connectivity index (χ0) is 59.6. The molecule has 0 radical (unpaired) electrons. The third kappa shape index (κ3) is 23.6. The highest BCUT2D eigenvalue weighted by Gasteiger charge is 2.39. The van der Waals surface area contributed by atoms with Gasteiger partial charge >= 0.3 is 18.4 Å². The second kappa shape index (κ2) is 29.7. The van der Waals surface area contributed by atoms with E-state index >= 15 is 0 Å².